The number of nitrogens with zero attached hydrogens (tertiary/aromatic N) is 2. The van der Waals surface area contributed by atoms with Crippen molar-refractivity contribution >= 4 is 23.4 Å². The van der Waals surface area contributed by atoms with E-state index in [4.69, 9.17) is 0 Å². The van der Waals surface area contributed by atoms with Gasteiger partial charge >= 0.3 is 11.7 Å². The van der Waals surface area contributed by atoms with Crippen molar-refractivity contribution in [1.82, 2.24) is 4.98 Å². The number of hydrogen-bond donors (Lipinski definition) is 0. The van der Waals surface area contributed by atoms with Crippen molar-refractivity contribution < 1.29 is 18.8 Å². The third kappa shape index (κ3) is 3.34. The first-order chi connectivity index (χ1) is 10.0. The molecule has 0 spiro atoms. The molecule has 2 rings (SSSR count). The van der Waals surface area contributed by atoms with Gasteiger partial charge in [0.2, 0.25) is 0 Å². The van der Waals surface area contributed by atoms with Crippen molar-refractivity contribution in [2.45, 2.75) is 9.92 Å². The van der Waals surface area contributed by atoms with Gasteiger partial charge in [-0.05, 0) is 18.2 Å². The Kier molecular flexibility index (Phi) is 4.49. The van der Waals surface area contributed by atoms with Gasteiger partial charge in [-0.15, -0.1) is 0 Å². The molecule has 0 saturated heterocycles. The third-order valence-corrected chi connectivity index (χ3v) is 3.52. The second-order valence-electron chi connectivity index (χ2n) is 3.80. The molecule has 0 bridgehead atoms. The minimum atomic E-state index is -0.722. The predicted octanol–water partition coefficient (Wildman–Crippen LogP) is 3.07. The van der Waals surface area contributed by atoms with Crippen LogP contribution >= 0.6 is 11.8 Å². The number of methoxy groups -OCH3 is 1. The van der Waals surface area contributed by atoms with E-state index in [1.807, 2.05) is 0 Å². The van der Waals surface area contributed by atoms with Crippen LogP contribution < -0.4 is 0 Å². The molecule has 108 valence electrons. The van der Waals surface area contributed by atoms with Crippen molar-refractivity contribution in [3.8, 4) is 0 Å². The number of pyridine rings is 1. The summed E-state index contributed by atoms with van der Waals surface area (Å²) in [6.45, 7) is 0. The maximum atomic E-state index is 13.6. The summed E-state index contributed by atoms with van der Waals surface area (Å²) in [6, 6.07) is 8.14. The number of halogens is 1. The van der Waals surface area contributed by atoms with Crippen LogP contribution in [0.25, 0.3) is 0 Å². The highest BCUT2D eigenvalue weighted by molar-refractivity contribution is 7.99. The summed E-state index contributed by atoms with van der Waals surface area (Å²) in [6.07, 6.45) is 0. The van der Waals surface area contributed by atoms with Gasteiger partial charge in [0.15, 0.2) is 5.03 Å². The van der Waals surface area contributed by atoms with E-state index in [0.29, 0.717) is 0 Å². The van der Waals surface area contributed by atoms with Crippen LogP contribution in [0.4, 0.5) is 10.1 Å². The average Bonchev–Trinajstić information content (AvgIpc) is 2.48. The van der Waals surface area contributed by atoms with Crippen LogP contribution in [0.5, 0.6) is 0 Å². The number of rotatable bonds is 4. The van der Waals surface area contributed by atoms with Crippen LogP contribution in [0, 0.1) is 15.9 Å². The Labute approximate surface area is 123 Å². The number of ether oxygens (including phenoxy) is 1. The Hall–Kier alpha value is -2.48. The van der Waals surface area contributed by atoms with Crippen LogP contribution in [0.15, 0.2) is 46.3 Å². The van der Waals surface area contributed by atoms with Crippen molar-refractivity contribution in [1.29, 1.82) is 0 Å². The lowest BCUT2D eigenvalue weighted by molar-refractivity contribution is -0.388. The van der Waals surface area contributed by atoms with Crippen LogP contribution in [-0.2, 0) is 4.74 Å². The molecule has 0 unspecified atom stereocenters. The Morgan fingerprint density at radius 1 is 1.33 bits per heavy atom. The highest BCUT2D eigenvalue weighted by atomic mass is 32.2. The number of esters is 1. The molecule has 1 aromatic carbocycles. The largest absolute Gasteiger partial charge is 0.464 e. The van der Waals surface area contributed by atoms with Gasteiger partial charge in [0.25, 0.3) is 0 Å². The zero-order valence-corrected chi connectivity index (χ0v) is 11.6. The van der Waals surface area contributed by atoms with E-state index < -0.39 is 16.7 Å². The second kappa shape index (κ2) is 6.31. The van der Waals surface area contributed by atoms with Gasteiger partial charge in [0.05, 0.1) is 12.0 Å². The maximum Gasteiger partial charge on any atom is 0.356 e. The summed E-state index contributed by atoms with van der Waals surface area (Å²) in [7, 11) is 1.18. The zero-order chi connectivity index (χ0) is 15.4. The van der Waals surface area contributed by atoms with Gasteiger partial charge in [-0.3, -0.25) is 10.1 Å². The van der Waals surface area contributed by atoms with Crippen molar-refractivity contribution in [3.05, 3.63) is 58.0 Å². The molecule has 0 aliphatic heterocycles. The number of carbonyl (C=O) groups excluding carboxylic acids is 1. The molecule has 2 aromatic rings. The van der Waals surface area contributed by atoms with E-state index >= 15 is 0 Å². The summed E-state index contributed by atoms with van der Waals surface area (Å²) in [4.78, 5) is 25.8. The Morgan fingerprint density at radius 3 is 2.67 bits per heavy atom. The number of benzene rings is 1. The molecule has 0 fully saturated rings. The molecular formula is C13H9FN2O4S. The lowest BCUT2D eigenvalue weighted by Crippen LogP contribution is -2.06. The number of nitro groups is 1. The highest BCUT2D eigenvalue weighted by Gasteiger charge is 2.21. The molecule has 21 heavy (non-hydrogen) atoms. The summed E-state index contributed by atoms with van der Waals surface area (Å²) >= 11 is 0.776. The Morgan fingerprint density at radius 2 is 2.05 bits per heavy atom. The minimum absolute atomic E-state index is 0.0759. The zero-order valence-electron chi connectivity index (χ0n) is 10.8. The molecule has 1 aromatic heterocycles. The molecule has 0 radical (unpaired) electrons. The number of hydrogen-bond acceptors (Lipinski definition) is 6. The predicted molar refractivity (Wildman–Crippen MR) is 72.8 cm³/mol. The molecule has 6 nitrogen and oxygen atoms in total. The maximum absolute atomic E-state index is 13.6. The number of aromatic nitrogens is 1. The van der Waals surface area contributed by atoms with Gasteiger partial charge in [0, 0.05) is 11.0 Å². The Balaban J connectivity index is 2.46. The first kappa shape index (κ1) is 14.9. The average molecular weight is 308 g/mol. The molecule has 0 aliphatic carbocycles. The summed E-state index contributed by atoms with van der Waals surface area (Å²) in [5.41, 5.74) is -0.391. The lowest BCUT2D eigenvalue weighted by Gasteiger charge is -2.05. The Bertz CT molecular complexity index is 708. The molecule has 0 N–H and O–H groups in total. The van der Waals surface area contributed by atoms with Crippen molar-refractivity contribution in [2.75, 3.05) is 7.11 Å². The van der Waals surface area contributed by atoms with Crippen LogP contribution in [0.3, 0.4) is 0 Å². The van der Waals surface area contributed by atoms with E-state index in [1.54, 1.807) is 6.07 Å². The van der Waals surface area contributed by atoms with E-state index in [2.05, 4.69) is 9.72 Å². The summed E-state index contributed by atoms with van der Waals surface area (Å²) < 4.78 is 18.1. The normalized spacial score (nSPS) is 10.2. The first-order valence-electron chi connectivity index (χ1n) is 5.69. The van der Waals surface area contributed by atoms with Gasteiger partial charge in [0.1, 0.15) is 11.5 Å². The minimum Gasteiger partial charge on any atom is -0.464 e. The highest BCUT2D eigenvalue weighted by Crippen LogP contribution is 2.34. The van der Waals surface area contributed by atoms with Crippen LogP contribution in [0.2, 0.25) is 0 Å². The quantitative estimate of drug-likeness (QED) is 0.490. The molecule has 0 saturated carbocycles. The standard InChI is InChI=1S/C13H9FN2O4S/c1-20-13(17)9-6-7-10(16(18)19)12(15-9)21-11-5-3-2-4-8(11)14/h2-7H,1H3. The molecule has 0 atom stereocenters. The number of carbonyl (C=O) groups is 1. The SMILES string of the molecule is COC(=O)c1ccc([N+](=O)[O-])c(Sc2ccccc2F)n1. The molecule has 0 aliphatic rings. The fourth-order valence-corrected chi connectivity index (χ4v) is 2.41. The summed E-state index contributed by atoms with van der Waals surface area (Å²) in [5.74, 6) is -1.25. The molecular weight excluding hydrogens is 299 g/mol. The van der Waals surface area contributed by atoms with E-state index in [9.17, 15) is 19.3 Å². The van der Waals surface area contributed by atoms with E-state index in [0.717, 1.165) is 17.8 Å². The van der Waals surface area contributed by atoms with Crippen molar-refractivity contribution in [2.24, 2.45) is 0 Å². The fourth-order valence-electron chi connectivity index (χ4n) is 1.50. The van der Waals surface area contributed by atoms with Gasteiger partial charge in [-0.1, -0.05) is 23.9 Å². The van der Waals surface area contributed by atoms with Crippen LogP contribution in [0.1, 0.15) is 10.5 Å². The van der Waals surface area contributed by atoms with Gasteiger partial charge in [-0.25, -0.2) is 14.2 Å². The lowest BCUT2D eigenvalue weighted by atomic mass is 10.3. The molecule has 1 heterocycles. The van der Waals surface area contributed by atoms with Gasteiger partial charge < -0.3 is 4.74 Å². The molecule has 0 amide bonds. The second-order valence-corrected chi connectivity index (χ2v) is 4.83. The van der Waals surface area contributed by atoms with Gasteiger partial charge in [-0.2, -0.15) is 0 Å². The smallest absolute Gasteiger partial charge is 0.356 e. The third-order valence-electron chi connectivity index (χ3n) is 2.47. The topological polar surface area (TPSA) is 82.3 Å². The summed E-state index contributed by atoms with van der Waals surface area (Å²) in [5, 5.41) is 10.9. The van der Waals surface area contributed by atoms with E-state index in [-0.39, 0.29) is 21.3 Å². The van der Waals surface area contributed by atoms with Crippen LogP contribution in [-0.4, -0.2) is 23.0 Å². The first-order valence-corrected chi connectivity index (χ1v) is 6.50. The fraction of sp³-hybridized carbons (Fsp3) is 0.0769. The monoisotopic (exact) mass is 308 g/mol. The molecule has 8 heteroatoms. The van der Waals surface area contributed by atoms with E-state index in [1.165, 1.54) is 31.4 Å². The van der Waals surface area contributed by atoms with Crippen molar-refractivity contribution in [3.63, 3.8) is 0 Å².